The number of methoxy groups -OCH3 is 2. The minimum absolute atomic E-state index is 0.0246. The molecule has 0 aromatic heterocycles. The molecule has 6 heteroatoms. The zero-order valence-electron chi connectivity index (χ0n) is 14.8. The Morgan fingerprint density at radius 2 is 1.50 bits per heavy atom. The van der Waals surface area contributed by atoms with Gasteiger partial charge in [0.1, 0.15) is 0 Å². The SMILES string of the molecule is COc1cc(C[C@@H]2COC(=O)[C@@H]2Cc2ccc(O)c(OC)c2)ccc1O. The van der Waals surface area contributed by atoms with E-state index in [-0.39, 0.29) is 29.3 Å². The Labute approximate surface area is 151 Å². The normalized spacial score (nSPS) is 19.2. The summed E-state index contributed by atoms with van der Waals surface area (Å²) in [6.07, 6.45) is 1.15. The molecule has 1 heterocycles. The first kappa shape index (κ1) is 17.9. The largest absolute Gasteiger partial charge is 0.504 e. The molecular weight excluding hydrogens is 336 g/mol. The van der Waals surface area contributed by atoms with Crippen LogP contribution in [0, 0.1) is 11.8 Å². The lowest BCUT2D eigenvalue weighted by molar-refractivity contribution is -0.141. The van der Waals surface area contributed by atoms with Crippen LogP contribution >= 0.6 is 0 Å². The van der Waals surface area contributed by atoms with Crippen molar-refractivity contribution in [2.75, 3.05) is 20.8 Å². The number of cyclic esters (lactones) is 1. The molecule has 2 aromatic carbocycles. The second-order valence-electron chi connectivity index (χ2n) is 6.42. The number of phenols is 2. The first-order valence-electron chi connectivity index (χ1n) is 8.40. The van der Waals surface area contributed by atoms with Crippen LogP contribution in [-0.4, -0.2) is 37.0 Å². The average molecular weight is 358 g/mol. The predicted molar refractivity (Wildman–Crippen MR) is 94.7 cm³/mol. The fourth-order valence-corrected chi connectivity index (χ4v) is 3.31. The Morgan fingerprint density at radius 1 is 0.962 bits per heavy atom. The van der Waals surface area contributed by atoms with E-state index in [1.807, 2.05) is 6.07 Å². The van der Waals surface area contributed by atoms with Crippen LogP contribution in [0.5, 0.6) is 23.0 Å². The van der Waals surface area contributed by atoms with Crippen LogP contribution in [0.15, 0.2) is 36.4 Å². The second-order valence-corrected chi connectivity index (χ2v) is 6.42. The smallest absolute Gasteiger partial charge is 0.309 e. The molecule has 0 unspecified atom stereocenters. The fourth-order valence-electron chi connectivity index (χ4n) is 3.31. The van der Waals surface area contributed by atoms with E-state index in [9.17, 15) is 15.0 Å². The molecule has 3 rings (SSSR count). The molecule has 0 spiro atoms. The maximum Gasteiger partial charge on any atom is 0.309 e. The molecule has 0 saturated carbocycles. The van der Waals surface area contributed by atoms with E-state index in [2.05, 4.69) is 0 Å². The molecule has 138 valence electrons. The number of carbonyl (C=O) groups excluding carboxylic acids is 1. The minimum atomic E-state index is -0.274. The highest BCUT2D eigenvalue weighted by Gasteiger charge is 2.37. The molecule has 2 N–H and O–H groups in total. The van der Waals surface area contributed by atoms with Gasteiger partial charge < -0.3 is 24.4 Å². The maximum atomic E-state index is 12.2. The van der Waals surface area contributed by atoms with Crippen molar-refractivity contribution in [3.05, 3.63) is 47.5 Å². The molecule has 2 aromatic rings. The van der Waals surface area contributed by atoms with Gasteiger partial charge in [0.2, 0.25) is 0 Å². The quantitative estimate of drug-likeness (QED) is 0.773. The number of hydrogen-bond acceptors (Lipinski definition) is 6. The Hall–Kier alpha value is -2.89. The summed E-state index contributed by atoms with van der Waals surface area (Å²) in [7, 11) is 2.99. The summed E-state index contributed by atoms with van der Waals surface area (Å²) in [5.74, 6) is 0.482. The third kappa shape index (κ3) is 3.69. The topological polar surface area (TPSA) is 85.2 Å². The van der Waals surface area contributed by atoms with Crippen LogP contribution in [0.2, 0.25) is 0 Å². The zero-order chi connectivity index (χ0) is 18.7. The third-order valence-electron chi connectivity index (χ3n) is 4.75. The molecule has 26 heavy (non-hydrogen) atoms. The van der Waals surface area contributed by atoms with Crippen molar-refractivity contribution in [3.8, 4) is 23.0 Å². The molecule has 1 aliphatic heterocycles. The number of esters is 1. The molecule has 2 atom stereocenters. The van der Waals surface area contributed by atoms with E-state index in [4.69, 9.17) is 14.2 Å². The fraction of sp³-hybridized carbons (Fsp3) is 0.350. The summed E-state index contributed by atoms with van der Waals surface area (Å²) in [6.45, 7) is 0.363. The van der Waals surface area contributed by atoms with Crippen LogP contribution in [0.4, 0.5) is 0 Å². The number of ether oxygens (including phenoxy) is 3. The van der Waals surface area contributed by atoms with Crippen molar-refractivity contribution in [2.24, 2.45) is 11.8 Å². The maximum absolute atomic E-state index is 12.2. The molecule has 0 amide bonds. The lowest BCUT2D eigenvalue weighted by Gasteiger charge is -2.16. The Kier molecular flexibility index (Phi) is 5.21. The Morgan fingerprint density at radius 3 is 2.04 bits per heavy atom. The Balaban J connectivity index is 1.76. The van der Waals surface area contributed by atoms with Crippen molar-refractivity contribution in [1.29, 1.82) is 0 Å². The summed E-state index contributed by atoms with van der Waals surface area (Å²) < 4.78 is 15.6. The van der Waals surface area contributed by atoms with Crippen LogP contribution in [-0.2, 0) is 22.4 Å². The third-order valence-corrected chi connectivity index (χ3v) is 4.75. The van der Waals surface area contributed by atoms with Crippen molar-refractivity contribution in [2.45, 2.75) is 12.8 Å². The molecule has 0 bridgehead atoms. The second kappa shape index (κ2) is 7.56. The number of benzene rings is 2. The minimum Gasteiger partial charge on any atom is -0.504 e. The summed E-state index contributed by atoms with van der Waals surface area (Å²) in [5, 5.41) is 19.4. The predicted octanol–water partition coefficient (Wildman–Crippen LogP) is 2.69. The molecule has 1 saturated heterocycles. The van der Waals surface area contributed by atoms with E-state index >= 15 is 0 Å². The zero-order valence-corrected chi connectivity index (χ0v) is 14.8. The number of rotatable bonds is 6. The lowest BCUT2D eigenvalue weighted by atomic mass is 9.85. The van der Waals surface area contributed by atoms with Crippen LogP contribution in [0.25, 0.3) is 0 Å². The molecule has 1 aliphatic rings. The van der Waals surface area contributed by atoms with Crippen molar-refractivity contribution in [1.82, 2.24) is 0 Å². The highest BCUT2D eigenvalue weighted by molar-refractivity contribution is 5.75. The van der Waals surface area contributed by atoms with Gasteiger partial charge in [0.25, 0.3) is 0 Å². The summed E-state index contributed by atoms with van der Waals surface area (Å²) >= 11 is 0. The highest BCUT2D eigenvalue weighted by Crippen LogP contribution is 2.34. The van der Waals surface area contributed by atoms with E-state index in [0.29, 0.717) is 30.9 Å². The average Bonchev–Trinajstić information content (AvgIpc) is 2.98. The van der Waals surface area contributed by atoms with E-state index in [1.54, 1.807) is 30.3 Å². The lowest BCUT2D eigenvalue weighted by Crippen LogP contribution is -2.20. The van der Waals surface area contributed by atoms with Gasteiger partial charge in [-0.15, -0.1) is 0 Å². The first-order chi connectivity index (χ1) is 12.5. The molecule has 6 nitrogen and oxygen atoms in total. The summed E-state index contributed by atoms with van der Waals surface area (Å²) in [4.78, 5) is 12.2. The van der Waals surface area contributed by atoms with Gasteiger partial charge in [0, 0.05) is 5.92 Å². The molecule has 0 aliphatic carbocycles. The van der Waals surface area contributed by atoms with E-state index in [0.717, 1.165) is 11.1 Å². The monoisotopic (exact) mass is 358 g/mol. The van der Waals surface area contributed by atoms with Crippen molar-refractivity contribution < 1.29 is 29.2 Å². The van der Waals surface area contributed by atoms with E-state index in [1.165, 1.54) is 14.2 Å². The number of aromatic hydroxyl groups is 2. The van der Waals surface area contributed by atoms with E-state index < -0.39 is 0 Å². The first-order valence-corrected chi connectivity index (χ1v) is 8.40. The van der Waals surface area contributed by atoms with Crippen molar-refractivity contribution >= 4 is 5.97 Å². The van der Waals surface area contributed by atoms with Crippen molar-refractivity contribution in [3.63, 3.8) is 0 Å². The standard InChI is InChI=1S/C20H22O6/c1-24-18-9-12(3-5-16(18)21)7-14-11-26-20(23)15(14)8-13-4-6-17(22)19(10-13)25-2/h3-6,9-10,14-15,21-22H,7-8,11H2,1-2H3/t14-,15-/m1/s1. The van der Waals surface area contributed by atoms with Gasteiger partial charge in [-0.05, 0) is 48.2 Å². The van der Waals surface area contributed by atoms with Gasteiger partial charge in [-0.25, -0.2) is 0 Å². The highest BCUT2D eigenvalue weighted by atomic mass is 16.5. The number of carbonyl (C=O) groups is 1. The van der Waals surface area contributed by atoms with Gasteiger partial charge in [-0.1, -0.05) is 12.1 Å². The van der Waals surface area contributed by atoms with Gasteiger partial charge >= 0.3 is 5.97 Å². The number of hydrogen-bond donors (Lipinski definition) is 2. The summed E-state index contributed by atoms with van der Waals surface area (Å²) in [5.41, 5.74) is 1.87. The molecule has 0 radical (unpaired) electrons. The summed E-state index contributed by atoms with van der Waals surface area (Å²) in [6, 6.07) is 10.3. The molecule has 1 fully saturated rings. The van der Waals surface area contributed by atoms with Crippen LogP contribution in [0.3, 0.4) is 0 Å². The molecular formula is C20H22O6. The van der Waals surface area contributed by atoms with Crippen LogP contribution < -0.4 is 9.47 Å². The van der Waals surface area contributed by atoms with Gasteiger partial charge in [-0.2, -0.15) is 0 Å². The van der Waals surface area contributed by atoms with Gasteiger partial charge in [-0.3, -0.25) is 4.79 Å². The number of phenolic OH excluding ortho intramolecular Hbond substituents is 2. The van der Waals surface area contributed by atoms with Crippen LogP contribution in [0.1, 0.15) is 11.1 Å². The van der Waals surface area contributed by atoms with Gasteiger partial charge in [0.05, 0.1) is 26.7 Å². The Bertz CT molecular complexity index is 801. The van der Waals surface area contributed by atoms with Gasteiger partial charge in [0.15, 0.2) is 23.0 Å².